The summed E-state index contributed by atoms with van der Waals surface area (Å²) in [5, 5.41) is 11.3. The molecule has 146 valence electrons. The van der Waals surface area contributed by atoms with Crippen LogP contribution in [0, 0.1) is 0 Å². The van der Waals surface area contributed by atoms with Gasteiger partial charge in [0.15, 0.2) is 5.78 Å². The molecule has 6 nitrogen and oxygen atoms in total. The molecule has 3 aromatic rings. The predicted octanol–water partition coefficient (Wildman–Crippen LogP) is 4.18. The number of halogens is 2. The molecule has 28 heavy (non-hydrogen) atoms. The standard InChI is InChI=1S/C20H19Br2N3O3/c21-13-1-3-18-16(9-13)17-10-14(22)2-4-19(17)25(18)12-15(26)11-23-5-7-24(8-6-23)20(27)28/h1-4,9-10H,5-8,11-12H2,(H,27,28). The van der Waals surface area contributed by atoms with Crippen LogP contribution in [0.15, 0.2) is 45.3 Å². The second kappa shape index (κ2) is 7.85. The molecule has 0 saturated carbocycles. The largest absolute Gasteiger partial charge is 0.465 e. The van der Waals surface area contributed by atoms with E-state index in [-0.39, 0.29) is 5.78 Å². The van der Waals surface area contributed by atoms with Crippen molar-refractivity contribution in [1.82, 2.24) is 14.4 Å². The molecule has 1 N–H and O–H groups in total. The number of benzene rings is 2. The van der Waals surface area contributed by atoms with Crippen molar-refractivity contribution in [1.29, 1.82) is 0 Å². The molecule has 4 rings (SSSR count). The maximum Gasteiger partial charge on any atom is 0.407 e. The van der Waals surface area contributed by atoms with Gasteiger partial charge in [0.1, 0.15) is 0 Å². The van der Waals surface area contributed by atoms with Gasteiger partial charge in [-0.05, 0) is 36.4 Å². The maximum atomic E-state index is 12.8. The molecule has 8 heteroatoms. The fourth-order valence-electron chi connectivity index (χ4n) is 3.79. The van der Waals surface area contributed by atoms with Gasteiger partial charge in [0, 0.05) is 56.9 Å². The van der Waals surface area contributed by atoms with Gasteiger partial charge in [-0.2, -0.15) is 0 Å². The molecule has 0 spiro atoms. The van der Waals surface area contributed by atoms with Gasteiger partial charge in [-0.25, -0.2) is 4.79 Å². The zero-order valence-electron chi connectivity index (χ0n) is 15.1. The third kappa shape index (κ3) is 3.81. The molecule has 0 aliphatic carbocycles. The number of piperazine rings is 1. The van der Waals surface area contributed by atoms with E-state index in [4.69, 9.17) is 5.11 Å². The van der Waals surface area contributed by atoms with Crippen LogP contribution in [0.1, 0.15) is 0 Å². The number of carbonyl (C=O) groups excluding carboxylic acids is 1. The van der Waals surface area contributed by atoms with Gasteiger partial charge in [0.25, 0.3) is 0 Å². The highest BCUT2D eigenvalue weighted by Crippen LogP contribution is 2.33. The van der Waals surface area contributed by atoms with E-state index in [2.05, 4.69) is 48.6 Å². The topological polar surface area (TPSA) is 65.8 Å². The molecular formula is C20H19Br2N3O3. The Balaban J connectivity index is 1.57. The Bertz CT molecular complexity index is 1010. The van der Waals surface area contributed by atoms with Crippen LogP contribution >= 0.6 is 31.9 Å². The Morgan fingerprint density at radius 2 is 1.39 bits per heavy atom. The van der Waals surface area contributed by atoms with E-state index in [0.29, 0.717) is 39.3 Å². The molecule has 1 amide bonds. The van der Waals surface area contributed by atoms with Crippen LogP contribution in [0.3, 0.4) is 0 Å². The lowest BCUT2D eigenvalue weighted by molar-refractivity contribution is -0.121. The number of Topliss-reactive ketones (excluding diaryl/α,β-unsaturated/α-hetero) is 1. The fraction of sp³-hybridized carbons (Fsp3) is 0.300. The summed E-state index contributed by atoms with van der Waals surface area (Å²) in [6.45, 7) is 2.69. The lowest BCUT2D eigenvalue weighted by atomic mass is 10.2. The van der Waals surface area contributed by atoms with E-state index >= 15 is 0 Å². The van der Waals surface area contributed by atoms with E-state index in [1.54, 1.807) is 0 Å². The number of carboxylic acid groups (broad SMARTS) is 1. The van der Waals surface area contributed by atoms with Crippen LogP contribution < -0.4 is 0 Å². The SMILES string of the molecule is O=C(CN1CCN(C(=O)O)CC1)Cn1c2ccc(Br)cc2c2cc(Br)ccc21. The summed E-state index contributed by atoms with van der Waals surface area (Å²) < 4.78 is 4.07. The van der Waals surface area contributed by atoms with Crippen LogP contribution in [0.2, 0.25) is 0 Å². The Morgan fingerprint density at radius 3 is 1.89 bits per heavy atom. The highest BCUT2D eigenvalue weighted by atomic mass is 79.9. The number of amides is 1. The third-order valence-corrected chi connectivity index (χ3v) is 6.15. The van der Waals surface area contributed by atoms with Crippen molar-refractivity contribution >= 4 is 65.5 Å². The second-order valence-corrected chi connectivity index (χ2v) is 8.82. The average Bonchev–Trinajstić information content (AvgIpc) is 2.94. The van der Waals surface area contributed by atoms with Gasteiger partial charge in [-0.15, -0.1) is 0 Å². The summed E-state index contributed by atoms with van der Waals surface area (Å²) in [5.74, 6) is 0.119. The molecule has 1 aliphatic heterocycles. The van der Waals surface area contributed by atoms with E-state index in [1.165, 1.54) is 4.90 Å². The fourth-order valence-corrected chi connectivity index (χ4v) is 4.51. The van der Waals surface area contributed by atoms with Crippen LogP contribution in [-0.2, 0) is 11.3 Å². The lowest BCUT2D eigenvalue weighted by Gasteiger charge is -2.32. The molecule has 0 radical (unpaired) electrons. The van der Waals surface area contributed by atoms with E-state index < -0.39 is 6.09 Å². The van der Waals surface area contributed by atoms with E-state index in [9.17, 15) is 9.59 Å². The number of hydrogen-bond acceptors (Lipinski definition) is 3. The van der Waals surface area contributed by atoms with E-state index in [1.807, 2.05) is 29.2 Å². The van der Waals surface area contributed by atoms with Crippen molar-refractivity contribution in [3.63, 3.8) is 0 Å². The first-order chi connectivity index (χ1) is 13.4. The Kier molecular flexibility index (Phi) is 5.44. The van der Waals surface area contributed by atoms with Gasteiger partial charge < -0.3 is 14.6 Å². The zero-order valence-corrected chi connectivity index (χ0v) is 18.2. The molecule has 0 unspecified atom stereocenters. The van der Waals surface area contributed by atoms with Crippen molar-refractivity contribution in [2.24, 2.45) is 0 Å². The molecular weight excluding hydrogens is 490 g/mol. The van der Waals surface area contributed by atoms with Gasteiger partial charge >= 0.3 is 6.09 Å². The first kappa shape index (κ1) is 19.4. The van der Waals surface area contributed by atoms with E-state index in [0.717, 1.165) is 30.8 Å². The predicted molar refractivity (Wildman–Crippen MR) is 116 cm³/mol. The summed E-state index contributed by atoms with van der Waals surface area (Å²) in [5.41, 5.74) is 2.06. The zero-order chi connectivity index (χ0) is 19.8. The number of aromatic nitrogens is 1. The minimum Gasteiger partial charge on any atom is -0.465 e. The number of hydrogen-bond donors (Lipinski definition) is 1. The van der Waals surface area contributed by atoms with Crippen LogP contribution in [0.4, 0.5) is 4.79 Å². The molecule has 1 saturated heterocycles. The monoisotopic (exact) mass is 507 g/mol. The summed E-state index contributed by atoms with van der Waals surface area (Å²) in [4.78, 5) is 27.2. The van der Waals surface area contributed by atoms with Crippen LogP contribution in [0.25, 0.3) is 21.8 Å². The number of ketones is 1. The van der Waals surface area contributed by atoms with Crippen molar-refractivity contribution < 1.29 is 14.7 Å². The quantitative estimate of drug-likeness (QED) is 0.574. The molecule has 0 atom stereocenters. The molecule has 1 aliphatic rings. The van der Waals surface area contributed by atoms with Gasteiger partial charge in [0.05, 0.1) is 13.1 Å². The maximum absolute atomic E-state index is 12.8. The highest BCUT2D eigenvalue weighted by Gasteiger charge is 2.22. The smallest absolute Gasteiger partial charge is 0.407 e. The normalized spacial score (nSPS) is 15.4. The van der Waals surface area contributed by atoms with Crippen molar-refractivity contribution in [3.05, 3.63) is 45.3 Å². The van der Waals surface area contributed by atoms with Crippen molar-refractivity contribution in [3.8, 4) is 0 Å². The molecule has 0 bridgehead atoms. The Hall–Kier alpha value is -1.90. The Morgan fingerprint density at radius 1 is 0.857 bits per heavy atom. The summed E-state index contributed by atoms with van der Waals surface area (Å²) >= 11 is 7.07. The summed E-state index contributed by atoms with van der Waals surface area (Å²) in [6, 6.07) is 12.2. The first-order valence-corrected chi connectivity index (χ1v) is 10.6. The lowest BCUT2D eigenvalue weighted by Crippen LogP contribution is -2.49. The van der Waals surface area contributed by atoms with Crippen molar-refractivity contribution in [2.45, 2.75) is 6.54 Å². The average molecular weight is 509 g/mol. The molecule has 1 aromatic heterocycles. The molecule has 2 heterocycles. The summed E-state index contributed by atoms with van der Waals surface area (Å²) in [7, 11) is 0. The second-order valence-electron chi connectivity index (χ2n) is 6.99. The third-order valence-electron chi connectivity index (χ3n) is 5.17. The molecule has 1 fully saturated rings. The number of rotatable bonds is 4. The van der Waals surface area contributed by atoms with Gasteiger partial charge in [0.2, 0.25) is 0 Å². The van der Waals surface area contributed by atoms with Crippen LogP contribution in [-0.4, -0.2) is 64.1 Å². The summed E-state index contributed by atoms with van der Waals surface area (Å²) in [6.07, 6.45) is -0.895. The van der Waals surface area contributed by atoms with Crippen LogP contribution in [0.5, 0.6) is 0 Å². The number of fused-ring (bicyclic) bond motifs is 3. The highest BCUT2D eigenvalue weighted by molar-refractivity contribution is 9.10. The van der Waals surface area contributed by atoms with Gasteiger partial charge in [-0.3, -0.25) is 9.69 Å². The number of carbonyl (C=O) groups is 2. The van der Waals surface area contributed by atoms with Crippen molar-refractivity contribution in [2.75, 3.05) is 32.7 Å². The van der Waals surface area contributed by atoms with Gasteiger partial charge in [-0.1, -0.05) is 31.9 Å². The Labute approximate surface area is 178 Å². The minimum atomic E-state index is -0.895. The molecule has 2 aromatic carbocycles. The number of nitrogens with zero attached hydrogens (tertiary/aromatic N) is 3. The minimum absolute atomic E-state index is 0.119. The first-order valence-electron chi connectivity index (χ1n) is 9.01.